The monoisotopic (exact) mass is 300 g/mol. The van der Waals surface area contributed by atoms with Gasteiger partial charge in [0.05, 0.1) is 17.5 Å². The number of carbonyl (C=O) groups is 2. The molecule has 7 nitrogen and oxygen atoms in total. The first-order valence-electron chi connectivity index (χ1n) is 6.69. The van der Waals surface area contributed by atoms with E-state index < -0.39 is 11.9 Å². The predicted octanol–water partition coefficient (Wildman–Crippen LogP) is 1.48. The zero-order valence-corrected chi connectivity index (χ0v) is 12.3. The number of aromatic carboxylic acids is 1. The molecule has 4 N–H and O–H groups in total. The Morgan fingerprint density at radius 1 is 1.36 bits per heavy atom. The number of benzene rings is 1. The Hall–Kier alpha value is -2.96. The SMILES string of the molecule is CCNC(=O)c1nc(-c2cccc(C(=O)O)c2C)cnc1N. The molecule has 2 rings (SSSR count). The molecule has 0 radical (unpaired) electrons. The molecule has 0 aliphatic rings. The summed E-state index contributed by atoms with van der Waals surface area (Å²) in [5.41, 5.74) is 7.44. The highest BCUT2D eigenvalue weighted by Gasteiger charge is 2.16. The van der Waals surface area contributed by atoms with Crippen molar-refractivity contribution in [2.45, 2.75) is 13.8 Å². The average molecular weight is 300 g/mol. The van der Waals surface area contributed by atoms with Crippen LogP contribution in [0.5, 0.6) is 0 Å². The minimum atomic E-state index is -1.02. The lowest BCUT2D eigenvalue weighted by atomic mass is 10.0. The van der Waals surface area contributed by atoms with Crippen molar-refractivity contribution in [3.63, 3.8) is 0 Å². The van der Waals surface area contributed by atoms with Gasteiger partial charge < -0.3 is 16.2 Å². The first-order chi connectivity index (χ1) is 10.5. The Bertz CT molecular complexity index is 744. The van der Waals surface area contributed by atoms with Crippen LogP contribution in [0.4, 0.5) is 5.82 Å². The van der Waals surface area contributed by atoms with Crippen LogP contribution in [0.2, 0.25) is 0 Å². The van der Waals surface area contributed by atoms with E-state index >= 15 is 0 Å². The fourth-order valence-corrected chi connectivity index (χ4v) is 2.08. The van der Waals surface area contributed by atoms with Crippen LogP contribution >= 0.6 is 0 Å². The van der Waals surface area contributed by atoms with Crippen LogP contribution in [0.1, 0.15) is 33.3 Å². The maximum atomic E-state index is 11.9. The van der Waals surface area contributed by atoms with Crippen LogP contribution in [0.3, 0.4) is 0 Å². The largest absolute Gasteiger partial charge is 0.478 e. The zero-order chi connectivity index (χ0) is 16.3. The van der Waals surface area contributed by atoms with Crippen LogP contribution in [0.15, 0.2) is 24.4 Å². The summed E-state index contributed by atoms with van der Waals surface area (Å²) < 4.78 is 0. The molecule has 1 heterocycles. The topological polar surface area (TPSA) is 118 Å². The van der Waals surface area contributed by atoms with Crippen molar-refractivity contribution in [2.24, 2.45) is 0 Å². The van der Waals surface area contributed by atoms with E-state index in [0.717, 1.165) is 0 Å². The molecule has 114 valence electrons. The fraction of sp³-hybridized carbons (Fsp3) is 0.200. The zero-order valence-electron chi connectivity index (χ0n) is 12.3. The van der Waals surface area contributed by atoms with E-state index in [1.165, 1.54) is 12.3 Å². The maximum absolute atomic E-state index is 11.9. The molecule has 1 amide bonds. The summed E-state index contributed by atoms with van der Waals surface area (Å²) in [5.74, 6) is -1.41. The predicted molar refractivity (Wildman–Crippen MR) is 81.6 cm³/mol. The number of nitrogens with two attached hydrogens (primary N) is 1. The van der Waals surface area contributed by atoms with Gasteiger partial charge >= 0.3 is 5.97 Å². The van der Waals surface area contributed by atoms with Gasteiger partial charge in [-0.05, 0) is 25.5 Å². The molecular formula is C15H16N4O3. The average Bonchev–Trinajstić information content (AvgIpc) is 2.48. The van der Waals surface area contributed by atoms with Crippen molar-refractivity contribution in [1.82, 2.24) is 15.3 Å². The van der Waals surface area contributed by atoms with Gasteiger partial charge in [0.25, 0.3) is 5.91 Å². The molecule has 1 aromatic heterocycles. The molecule has 0 unspecified atom stereocenters. The van der Waals surface area contributed by atoms with Gasteiger partial charge in [-0.3, -0.25) is 4.79 Å². The second-order valence-corrected chi connectivity index (χ2v) is 4.63. The van der Waals surface area contributed by atoms with Gasteiger partial charge in [-0.25, -0.2) is 14.8 Å². The number of rotatable bonds is 4. The van der Waals surface area contributed by atoms with Gasteiger partial charge in [0, 0.05) is 12.1 Å². The number of aromatic nitrogens is 2. The van der Waals surface area contributed by atoms with Crippen LogP contribution in [0.25, 0.3) is 11.3 Å². The van der Waals surface area contributed by atoms with Crippen molar-refractivity contribution in [1.29, 1.82) is 0 Å². The summed E-state index contributed by atoms with van der Waals surface area (Å²) in [6.07, 6.45) is 1.42. The van der Waals surface area contributed by atoms with E-state index in [9.17, 15) is 14.7 Å². The number of hydrogen-bond acceptors (Lipinski definition) is 5. The smallest absolute Gasteiger partial charge is 0.335 e. The number of carbonyl (C=O) groups excluding carboxylic acids is 1. The van der Waals surface area contributed by atoms with Crippen LogP contribution in [0, 0.1) is 6.92 Å². The molecule has 2 aromatic rings. The Morgan fingerprint density at radius 2 is 2.09 bits per heavy atom. The summed E-state index contributed by atoms with van der Waals surface area (Å²) in [4.78, 5) is 31.3. The summed E-state index contributed by atoms with van der Waals surface area (Å²) in [6.45, 7) is 3.91. The van der Waals surface area contributed by atoms with E-state index in [1.54, 1.807) is 26.0 Å². The normalized spacial score (nSPS) is 10.3. The fourth-order valence-electron chi connectivity index (χ4n) is 2.08. The third-order valence-electron chi connectivity index (χ3n) is 3.19. The molecular weight excluding hydrogens is 284 g/mol. The van der Waals surface area contributed by atoms with E-state index in [4.69, 9.17) is 5.73 Å². The van der Waals surface area contributed by atoms with Crippen molar-refractivity contribution in [3.05, 3.63) is 41.2 Å². The molecule has 0 fully saturated rings. The lowest BCUT2D eigenvalue weighted by Gasteiger charge is -2.10. The summed E-state index contributed by atoms with van der Waals surface area (Å²) in [6, 6.07) is 4.86. The quantitative estimate of drug-likeness (QED) is 0.787. The second kappa shape index (κ2) is 6.21. The lowest BCUT2D eigenvalue weighted by molar-refractivity contribution is 0.0696. The van der Waals surface area contributed by atoms with E-state index in [1.807, 2.05) is 0 Å². The van der Waals surface area contributed by atoms with Gasteiger partial charge in [-0.2, -0.15) is 0 Å². The first-order valence-corrected chi connectivity index (χ1v) is 6.69. The third-order valence-corrected chi connectivity index (χ3v) is 3.19. The van der Waals surface area contributed by atoms with Gasteiger partial charge in [-0.15, -0.1) is 0 Å². The molecule has 22 heavy (non-hydrogen) atoms. The van der Waals surface area contributed by atoms with Gasteiger partial charge in [-0.1, -0.05) is 12.1 Å². The van der Waals surface area contributed by atoms with Gasteiger partial charge in [0.15, 0.2) is 11.5 Å². The number of hydrogen-bond donors (Lipinski definition) is 3. The van der Waals surface area contributed by atoms with E-state index in [-0.39, 0.29) is 17.1 Å². The molecule has 0 saturated carbocycles. The van der Waals surface area contributed by atoms with Crippen LogP contribution in [-0.4, -0.2) is 33.5 Å². The van der Waals surface area contributed by atoms with Crippen molar-refractivity contribution in [3.8, 4) is 11.3 Å². The number of nitrogens with one attached hydrogen (secondary N) is 1. The highest BCUT2D eigenvalue weighted by molar-refractivity contribution is 5.97. The molecule has 0 bridgehead atoms. The summed E-state index contributed by atoms with van der Waals surface area (Å²) in [7, 11) is 0. The molecule has 0 atom stereocenters. The highest BCUT2D eigenvalue weighted by atomic mass is 16.4. The van der Waals surface area contributed by atoms with Crippen molar-refractivity contribution in [2.75, 3.05) is 12.3 Å². The molecule has 7 heteroatoms. The maximum Gasteiger partial charge on any atom is 0.335 e. The molecule has 1 aromatic carbocycles. The number of carboxylic acid groups (broad SMARTS) is 1. The number of amides is 1. The van der Waals surface area contributed by atoms with E-state index in [0.29, 0.717) is 23.4 Å². The minimum Gasteiger partial charge on any atom is -0.478 e. The number of carboxylic acids is 1. The van der Waals surface area contributed by atoms with Crippen molar-refractivity contribution < 1.29 is 14.7 Å². The molecule has 0 saturated heterocycles. The Kier molecular flexibility index (Phi) is 4.36. The van der Waals surface area contributed by atoms with Crippen LogP contribution in [-0.2, 0) is 0 Å². The van der Waals surface area contributed by atoms with Gasteiger partial charge in [0.1, 0.15) is 0 Å². The molecule has 0 aliphatic heterocycles. The minimum absolute atomic E-state index is 0.0273. The van der Waals surface area contributed by atoms with Crippen LogP contribution < -0.4 is 11.1 Å². The number of nitrogens with zero attached hydrogens (tertiary/aromatic N) is 2. The lowest BCUT2D eigenvalue weighted by Crippen LogP contribution is -2.25. The standard InChI is InChI=1S/C15H16N4O3/c1-3-17-14(20)12-13(16)18-7-11(19-12)9-5-4-6-10(8(9)2)15(21)22/h4-7H,3H2,1-2H3,(H2,16,18)(H,17,20)(H,21,22). The summed E-state index contributed by atoms with van der Waals surface area (Å²) in [5, 5.41) is 11.8. The Labute approximate surface area is 127 Å². The summed E-state index contributed by atoms with van der Waals surface area (Å²) >= 11 is 0. The first kappa shape index (κ1) is 15.4. The van der Waals surface area contributed by atoms with Crippen molar-refractivity contribution >= 4 is 17.7 Å². The Morgan fingerprint density at radius 3 is 2.73 bits per heavy atom. The number of nitrogen functional groups attached to an aromatic ring is 1. The molecule has 0 aliphatic carbocycles. The number of anilines is 1. The van der Waals surface area contributed by atoms with E-state index in [2.05, 4.69) is 15.3 Å². The van der Waals surface area contributed by atoms with Gasteiger partial charge in [0.2, 0.25) is 0 Å². The second-order valence-electron chi connectivity index (χ2n) is 4.63. The Balaban J connectivity index is 2.55. The highest BCUT2D eigenvalue weighted by Crippen LogP contribution is 2.25. The third kappa shape index (κ3) is 2.88. The molecule has 0 spiro atoms.